The van der Waals surface area contributed by atoms with Crippen LogP contribution < -0.4 is 5.32 Å². The van der Waals surface area contributed by atoms with Gasteiger partial charge in [-0.3, -0.25) is 4.79 Å². The third-order valence-corrected chi connectivity index (χ3v) is 7.58. The van der Waals surface area contributed by atoms with Crippen LogP contribution in [-0.4, -0.2) is 16.1 Å². The quantitative estimate of drug-likeness (QED) is 0.236. The number of nitrogens with one attached hydrogen (secondary N) is 1. The fourth-order valence-corrected chi connectivity index (χ4v) is 5.13. The fraction of sp³-hybridized carbons (Fsp3) is 0.167. The Morgan fingerprint density at radius 2 is 1.73 bits per heavy atom. The van der Waals surface area contributed by atoms with Crippen molar-refractivity contribution in [3.63, 3.8) is 0 Å². The maximum Gasteiger partial charge on any atom is 0.234 e. The van der Waals surface area contributed by atoms with E-state index in [2.05, 4.69) is 11.4 Å². The van der Waals surface area contributed by atoms with E-state index >= 15 is 0 Å². The zero-order valence-electron chi connectivity index (χ0n) is 20.4. The molecule has 0 fully saturated rings. The highest BCUT2D eigenvalue weighted by Crippen LogP contribution is 2.37. The van der Waals surface area contributed by atoms with Crippen molar-refractivity contribution in [2.24, 2.45) is 0 Å². The van der Waals surface area contributed by atoms with E-state index in [4.69, 9.17) is 16.6 Å². The molecule has 186 valence electrons. The van der Waals surface area contributed by atoms with Crippen molar-refractivity contribution >= 4 is 29.3 Å². The van der Waals surface area contributed by atoms with Crippen molar-refractivity contribution in [2.45, 2.75) is 36.6 Å². The van der Waals surface area contributed by atoms with Gasteiger partial charge in [0, 0.05) is 21.7 Å². The summed E-state index contributed by atoms with van der Waals surface area (Å²) in [6, 6.07) is 26.9. The molecule has 1 aromatic heterocycles. The molecule has 0 bridgehead atoms. The van der Waals surface area contributed by atoms with E-state index in [9.17, 15) is 14.4 Å². The SMILES string of the molecule is CC[C@H](Sc1nc(-c2ccc(Cl)cc2)cc(-c2ccccc2F)c1C#N)C(=O)N[C@@H](C)c1ccccc1. The van der Waals surface area contributed by atoms with Gasteiger partial charge in [-0.2, -0.15) is 5.26 Å². The predicted octanol–water partition coefficient (Wildman–Crippen LogP) is 7.83. The first-order valence-corrected chi connectivity index (χ1v) is 13.1. The van der Waals surface area contributed by atoms with Crippen LogP contribution in [0.1, 0.15) is 37.4 Å². The number of carbonyl (C=O) groups is 1. The predicted molar refractivity (Wildman–Crippen MR) is 148 cm³/mol. The van der Waals surface area contributed by atoms with Crippen LogP contribution in [-0.2, 0) is 4.79 Å². The maximum atomic E-state index is 14.9. The zero-order valence-corrected chi connectivity index (χ0v) is 22.0. The molecule has 2 atom stereocenters. The molecule has 4 rings (SSSR count). The van der Waals surface area contributed by atoms with Gasteiger partial charge in [-0.1, -0.05) is 91.0 Å². The lowest BCUT2D eigenvalue weighted by Gasteiger charge is -2.20. The molecule has 0 unspecified atom stereocenters. The zero-order chi connectivity index (χ0) is 26.4. The van der Waals surface area contributed by atoms with Gasteiger partial charge in [-0.25, -0.2) is 9.37 Å². The number of rotatable bonds is 8. The summed E-state index contributed by atoms with van der Waals surface area (Å²) in [7, 11) is 0. The van der Waals surface area contributed by atoms with Crippen LogP contribution in [0.15, 0.2) is 90.0 Å². The first kappa shape index (κ1) is 26.4. The Labute approximate surface area is 225 Å². The molecule has 4 nitrogen and oxygen atoms in total. The van der Waals surface area contributed by atoms with Crippen molar-refractivity contribution in [3.05, 3.63) is 107 Å². The van der Waals surface area contributed by atoms with Crippen LogP contribution in [0.5, 0.6) is 0 Å². The van der Waals surface area contributed by atoms with E-state index in [1.807, 2.05) is 56.3 Å². The molecule has 0 saturated heterocycles. The third kappa shape index (κ3) is 6.19. The minimum absolute atomic E-state index is 0.154. The highest BCUT2D eigenvalue weighted by molar-refractivity contribution is 8.00. The molecule has 7 heteroatoms. The number of nitriles is 1. The number of halogens is 2. The number of thioether (sulfide) groups is 1. The summed E-state index contributed by atoms with van der Waals surface area (Å²) in [6.07, 6.45) is 0.519. The van der Waals surface area contributed by atoms with Crippen molar-refractivity contribution in [3.8, 4) is 28.5 Å². The largest absolute Gasteiger partial charge is 0.349 e. The molecule has 1 amide bonds. The number of carbonyl (C=O) groups excluding carboxylic acids is 1. The molecule has 0 radical (unpaired) electrons. The molecule has 37 heavy (non-hydrogen) atoms. The first-order valence-electron chi connectivity index (χ1n) is 11.9. The Morgan fingerprint density at radius 1 is 1.05 bits per heavy atom. The number of hydrogen-bond donors (Lipinski definition) is 1. The normalized spacial score (nSPS) is 12.4. The van der Waals surface area contributed by atoms with Crippen molar-refractivity contribution in [1.82, 2.24) is 10.3 Å². The lowest BCUT2D eigenvalue weighted by atomic mass is 9.99. The van der Waals surface area contributed by atoms with Gasteiger partial charge in [0.05, 0.1) is 22.5 Å². The van der Waals surface area contributed by atoms with Gasteiger partial charge in [0.15, 0.2) is 0 Å². The smallest absolute Gasteiger partial charge is 0.234 e. The molecule has 4 aromatic rings. The van der Waals surface area contributed by atoms with Gasteiger partial charge in [0.1, 0.15) is 16.9 Å². The topological polar surface area (TPSA) is 65.8 Å². The number of amides is 1. The molecule has 3 aromatic carbocycles. The lowest BCUT2D eigenvalue weighted by Crippen LogP contribution is -2.34. The third-order valence-electron chi connectivity index (χ3n) is 5.98. The van der Waals surface area contributed by atoms with Crippen LogP contribution in [0, 0.1) is 17.1 Å². The molecule has 0 aliphatic heterocycles. The Morgan fingerprint density at radius 3 is 2.38 bits per heavy atom. The number of benzene rings is 3. The number of hydrogen-bond acceptors (Lipinski definition) is 4. The molecule has 1 N–H and O–H groups in total. The highest BCUT2D eigenvalue weighted by Gasteiger charge is 2.25. The summed E-state index contributed by atoms with van der Waals surface area (Å²) >= 11 is 7.29. The van der Waals surface area contributed by atoms with Gasteiger partial charge in [-0.05, 0) is 43.2 Å². The van der Waals surface area contributed by atoms with Crippen LogP contribution in [0.3, 0.4) is 0 Å². The van der Waals surface area contributed by atoms with Gasteiger partial charge in [-0.15, -0.1) is 0 Å². The summed E-state index contributed by atoms with van der Waals surface area (Å²) in [5.41, 5.74) is 3.28. The summed E-state index contributed by atoms with van der Waals surface area (Å²) in [5.74, 6) is -0.594. The fourth-order valence-electron chi connectivity index (χ4n) is 3.96. The van der Waals surface area contributed by atoms with E-state index < -0.39 is 11.1 Å². The summed E-state index contributed by atoms with van der Waals surface area (Å²) < 4.78 is 14.9. The van der Waals surface area contributed by atoms with Crippen LogP contribution in [0.4, 0.5) is 4.39 Å². The number of aromatic nitrogens is 1. The van der Waals surface area contributed by atoms with Gasteiger partial charge in [0.25, 0.3) is 0 Å². The van der Waals surface area contributed by atoms with Crippen LogP contribution in [0.25, 0.3) is 22.4 Å². The Hall–Kier alpha value is -3.66. The Balaban J connectivity index is 1.75. The van der Waals surface area contributed by atoms with Gasteiger partial charge >= 0.3 is 0 Å². The molecule has 0 spiro atoms. The van der Waals surface area contributed by atoms with E-state index in [1.54, 1.807) is 36.4 Å². The molecule has 0 saturated carbocycles. The Kier molecular flexibility index (Phi) is 8.60. The minimum atomic E-state index is -0.500. The maximum absolute atomic E-state index is 14.9. The van der Waals surface area contributed by atoms with Crippen molar-refractivity contribution in [2.75, 3.05) is 0 Å². The number of pyridine rings is 1. The van der Waals surface area contributed by atoms with Gasteiger partial charge < -0.3 is 5.32 Å². The van der Waals surface area contributed by atoms with E-state index in [0.717, 1.165) is 11.1 Å². The minimum Gasteiger partial charge on any atom is -0.349 e. The van der Waals surface area contributed by atoms with Crippen LogP contribution >= 0.6 is 23.4 Å². The Bertz CT molecular complexity index is 1440. The van der Waals surface area contributed by atoms with Crippen molar-refractivity contribution in [1.29, 1.82) is 5.26 Å². The van der Waals surface area contributed by atoms with Gasteiger partial charge in [0.2, 0.25) is 5.91 Å². The number of nitrogens with zero attached hydrogens (tertiary/aromatic N) is 2. The van der Waals surface area contributed by atoms with E-state index in [1.165, 1.54) is 17.8 Å². The second kappa shape index (κ2) is 12.1. The molecular formula is C30H25ClFN3OS. The molecular weight excluding hydrogens is 505 g/mol. The van der Waals surface area contributed by atoms with Crippen LogP contribution in [0.2, 0.25) is 5.02 Å². The lowest BCUT2D eigenvalue weighted by molar-refractivity contribution is -0.121. The summed E-state index contributed by atoms with van der Waals surface area (Å²) in [5, 5.41) is 13.6. The standard InChI is InChI=1S/C30H25ClFN3OS/c1-3-28(29(36)34-19(2)20-9-5-4-6-10-20)37-30-25(18-33)24(23-11-7-8-12-26(23)32)17-27(35-30)21-13-15-22(31)16-14-21/h4-17,19,28H,3H2,1-2H3,(H,34,36)/t19-,28-/m0/s1. The molecule has 0 aliphatic rings. The monoisotopic (exact) mass is 529 g/mol. The first-order chi connectivity index (χ1) is 17.9. The molecule has 1 heterocycles. The van der Waals surface area contributed by atoms with E-state index in [0.29, 0.717) is 33.3 Å². The average molecular weight is 530 g/mol. The summed E-state index contributed by atoms with van der Waals surface area (Å²) in [4.78, 5) is 18.0. The molecule has 0 aliphatic carbocycles. The average Bonchev–Trinajstić information content (AvgIpc) is 2.92. The second-order valence-electron chi connectivity index (χ2n) is 8.49. The summed E-state index contributed by atoms with van der Waals surface area (Å²) in [6.45, 7) is 3.85. The van der Waals surface area contributed by atoms with E-state index in [-0.39, 0.29) is 17.5 Å². The highest BCUT2D eigenvalue weighted by atomic mass is 35.5. The second-order valence-corrected chi connectivity index (χ2v) is 10.1. The van der Waals surface area contributed by atoms with Crippen molar-refractivity contribution < 1.29 is 9.18 Å².